The number of anilines is 1. The van der Waals surface area contributed by atoms with Gasteiger partial charge < -0.3 is 10.6 Å². The number of allylic oxidation sites excluding steroid dienone is 4. The molecular formula is C52H34N4. The van der Waals surface area contributed by atoms with Gasteiger partial charge in [-0.1, -0.05) is 140 Å². The fourth-order valence-electron chi connectivity index (χ4n) is 9.08. The second-order valence-electron chi connectivity index (χ2n) is 15.0. The number of dihydropyridines is 1. The molecule has 2 N–H and O–H groups in total. The zero-order valence-corrected chi connectivity index (χ0v) is 30.4. The molecule has 1 atom stereocenters. The van der Waals surface area contributed by atoms with E-state index in [-0.39, 0.29) is 6.04 Å². The van der Waals surface area contributed by atoms with Crippen molar-refractivity contribution < 1.29 is 0 Å². The Bertz CT molecular complexity index is 3250. The van der Waals surface area contributed by atoms with Gasteiger partial charge in [-0.25, -0.2) is 4.98 Å². The molecule has 2 aliphatic heterocycles. The Hall–Kier alpha value is -7.30. The van der Waals surface area contributed by atoms with Crippen molar-refractivity contribution >= 4 is 77.2 Å². The summed E-state index contributed by atoms with van der Waals surface area (Å²) in [5.74, 6) is 0. The van der Waals surface area contributed by atoms with E-state index >= 15 is 0 Å². The van der Waals surface area contributed by atoms with E-state index in [1.807, 2.05) is 12.3 Å². The molecule has 4 heterocycles. The molecule has 0 amide bonds. The van der Waals surface area contributed by atoms with Crippen LogP contribution in [0.3, 0.4) is 0 Å². The minimum absolute atomic E-state index is 0.0674. The largest absolute Gasteiger partial charge is 0.379 e. The van der Waals surface area contributed by atoms with Crippen LogP contribution in [0.5, 0.6) is 0 Å². The summed E-state index contributed by atoms with van der Waals surface area (Å²) < 4.78 is 0. The zero-order chi connectivity index (χ0) is 36.7. The van der Waals surface area contributed by atoms with Crippen molar-refractivity contribution in [1.82, 2.24) is 15.3 Å². The van der Waals surface area contributed by atoms with Gasteiger partial charge in [0.25, 0.3) is 0 Å². The maximum atomic E-state index is 5.19. The predicted octanol–water partition coefficient (Wildman–Crippen LogP) is 12.3. The second-order valence-corrected chi connectivity index (χ2v) is 15.0. The monoisotopic (exact) mass is 714 g/mol. The maximum absolute atomic E-state index is 5.19. The number of rotatable bonds is 4. The summed E-state index contributed by atoms with van der Waals surface area (Å²) in [6.07, 6.45) is 17.6. The molecule has 1 unspecified atom stereocenters. The Balaban J connectivity index is 0.849. The highest BCUT2D eigenvalue weighted by atomic mass is 14.9. The smallest absolute Gasteiger partial charge is 0.0939 e. The molecular weight excluding hydrogens is 681 g/mol. The van der Waals surface area contributed by atoms with Gasteiger partial charge in [0.15, 0.2) is 0 Å². The normalized spacial score (nSPS) is 16.1. The van der Waals surface area contributed by atoms with E-state index in [0.717, 1.165) is 56.6 Å². The number of hydrogen-bond acceptors (Lipinski definition) is 4. The molecule has 3 aliphatic rings. The molecule has 0 fully saturated rings. The summed E-state index contributed by atoms with van der Waals surface area (Å²) in [6, 6.07) is 46.4. The van der Waals surface area contributed by atoms with Crippen LogP contribution in [0.4, 0.5) is 5.69 Å². The van der Waals surface area contributed by atoms with E-state index in [1.165, 1.54) is 65.7 Å². The molecule has 9 aromatic rings. The average molecular weight is 715 g/mol. The summed E-state index contributed by atoms with van der Waals surface area (Å²) in [4.78, 5) is 9.87. The molecule has 0 saturated carbocycles. The van der Waals surface area contributed by atoms with E-state index < -0.39 is 0 Å². The first kappa shape index (κ1) is 31.1. The lowest BCUT2D eigenvalue weighted by atomic mass is 9.86. The van der Waals surface area contributed by atoms with Crippen LogP contribution >= 0.6 is 0 Å². The van der Waals surface area contributed by atoms with Crippen molar-refractivity contribution in [2.75, 3.05) is 11.9 Å². The zero-order valence-electron chi connectivity index (χ0n) is 30.4. The van der Waals surface area contributed by atoms with E-state index in [1.54, 1.807) is 0 Å². The lowest BCUT2D eigenvalue weighted by Gasteiger charge is -2.27. The second kappa shape index (κ2) is 12.1. The minimum Gasteiger partial charge on any atom is -0.379 e. The van der Waals surface area contributed by atoms with Gasteiger partial charge in [0.2, 0.25) is 0 Å². The standard InChI is InChI=1S/C52H34N4/c1-4-35-14-15-37-18-22-41(42-23-19-36(5-1)49(35)50(37)42)38-16-12-33-21-25-46(56-47(33)29-38)39-17-13-34-20-24-45(55-48(34)30-39)32-10-8-31(9-11-32)44-28-40-6-2-26-53-51(40)52-43(44)7-3-27-54-52/h1-26,28-30,47,54,56H,27H2. The maximum Gasteiger partial charge on any atom is 0.0939 e. The highest BCUT2D eigenvalue weighted by molar-refractivity contribution is 6.24. The number of fused-ring (bicyclic) bond motifs is 5. The van der Waals surface area contributed by atoms with Crippen LogP contribution in [-0.2, 0) is 0 Å². The summed E-state index contributed by atoms with van der Waals surface area (Å²) >= 11 is 0. The van der Waals surface area contributed by atoms with Crippen molar-refractivity contribution in [2.45, 2.75) is 6.04 Å². The number of aromatic nitrogens is 2. The number of nitrogens with zero attached hydrogens (tertiary/aromatic N) is 2. The van der Waals surface area contributed by atoms with Gasteiger partial charge in [0.05, 0.1) is 28.5 Å². The van der Waals surface area contributed by atoms with Gasteiger partial charge in [-0.3, -0.25) is 4.98 Å². The number of nitrogens with one attached hydrogen (secondary N) is 2. The van der Waals surface area contributed by atoms with Crippen LogP contribution in [0.2, 0.25) is 0 Å². The first-order valence-corrected chi connectivity index (χ1v) is 19.3. The van der Waals surface area contributed by atoms with Crippen LogP contribution in [0, 0.1) is 0 Å². The van der Waals surface area contributed by atoms with Gasteiger partial charge in [0.1, 0.15) is 0 Å². The number of hydrogen-bond donors (Lipinski definition) is 2. The number of benzene rings is 7. The molecule has 7 aromatic carbocycles. The van der Waals surface area contributed by atoms with Gasteiger partial charge in [0, 0.05) is 40.3 Å². The summed E-state index contributed by atoms with van der Waals surface area (Å²) in [7, 11) is 0. The molecule has 56 heavy (non-hydrogen) atoms. The average Bonchev–Trinajstić information content (AvgIpc) is 3.27. The van der Waals surface area contributed by atoms with Crippen LogP contribution in [0.15, 0.2) is 176 Å². The Labute approximate surface area is 323 Å². The molecule has 0 bridgehead atoms. The third-order valence-corrected chi connectivity index (χ3v) is 11.9. The molecule has 4 nitrogen and oxygen atoms in total. The lowest BCUT2D eigenvalue weighted by Crippen LogP contribution is -2.31. The molecule has 1 aliphatic carbocycles. The predicted molar refractivity (Wildman–Crippen MR) is 236 cm³/mol. The van der Waals surface area contributed by atoms with Crippen molar-refractivity contribution in [1.29, 1.82) is 0 Å². The van der Waals surface area contributed by atoms with Crippen molar-refractivity contribution in [2.24, 2.45) is 0 Å². The summed E-state index contributed by atoms with van der Waals surface area (Å²) in [6.45, 7) is 0.806. The van der Waals surface area contributed by atoms with Gasteiger partial charge in [-0.15, -0.1) is 0 Å². The van der Waals surface area contributed by atoms with E-state index in [2.05, 4.69) is 179 Å². The molecule has 0 spiro atoms. The minimum atomic E-state index is 0.0674. The molecule has 262 valence electrons. The Morgan fingerprint density at radius 1 is 0.589 bits per heavy atom. The van der Waals surface area contributed by atoms with Crippen LogP contribution in [0.25, 0.3) is 93.9 Å². The fourth-order valence-corrected chi connectivity index (χ4v) is 9.08. The van der Waals surface area contributed by atoms with Crippen LogP contribution < -0.4 is 10.6 Å². The SMILES string of the molecule is C1=Cc2c(-c3ccc(-c4ccc5ccc(C6=CC=C7C=CC(c8ccc9ccc%10cccc%11ccc8c9c%10%11)=CC7N6)cc5n4)cc3)cc3cccnc3c2NC1. The van der Waals surface area contributed by atoms with Crippen LogP contribution in [-0.4, -0.2) is 22.6 Å². The first-order chi connectivity index (χ1) is 27.7. The van der Waals surface area contributed by atoms with Crippen LogP contribution in [0.1, 0.15) is 16.7 Å². The summed E-state index contributed by atoms with van der Waals surface area (Å²) in [5.41, 5.74) is 14.7. The van der Waals surface area contributed by atoms with E-state index in [0.29, 0.717) is 0 Å². The first-order valence-electron chi connectivity index (χ1n) is 19.3. The third-order valence-electron chi connectivity index (χ3n) is 11.9. The van der Waals surface area contributed by atoms with Crippen molar-refractivity contribution in [3.05, 3.63) is 192 Å². The summed E-state index contributed by atoms with van der Waals surface area (Å²) in [5, 5.41) is 17.5. The number of pyridine rings is 2. The van der Waals surface area contributed by atoms with Crippen molar-refractivity contribution in [3.8, 4) is 22.4 Å². The van der Waals surface area contributed by atoms with Gasteiger partial charge >= 0.3 is 0 Å². The van der Waals surface area contributed by atoms with Gasteiger partial charge in [-0.2, -0.15) is 0 Å². The molecule has 12 rings (SSSR count). The molecule has 0 saturated heterocycles. The third kappa shape index (κ3) is 4.86. The van der Waals surface area contributed by atoms with E-state index in [4.69, 9.17) is 4.98 Å². The highest BCUT2D eigenvalue weighted by Gasteiger charge is 2.22. The Morgan fingerprint density at radius 2 is 1.36 bits per heavy atom. The molecule has 0 radical (unpaired) electrons. The lowest BCUT2D eigenvalue weighted by molar-refractivity contribution is 0.815. The van der Waals surface area contributed by atoms with Crippen molar-refractivity contribution in [3.63, 3.8) is 0 Å². The molecule has 4 heteroatoms. The Kier molecular flexibility index (Phi) is 6.72. The fraction of sp³-hybridized carbons (Fsp3) is 0.0385. The topological polar surface area (TPSA) is 49.8 Å². The quantitative estimate of drug-likeness (QED) is 0.178. The molecule has 2 aromatic heterocycles. The Morgan fingerprint density at radius 3 is 2.27 bits per heavy atom. The van der Waals surface area contributed by atoms with Gasteiger partial charge in [-0.05, 0) is 96.1 Å². The van der Waals surface area contributed by atoms with E-state index in [9.17, 15) is 0 Å². The highest BCUT2D eigenvalue weighted by Crippen LogP contribution is 2.41.